The average molecular weight is 284 g/mol. The molecule has 0 saturated carbocycles. The summed E-state index contributed by atoms with van der Waals surface area (Å²) in [6.45, 7) is 2.01. The van der Waals surface area contributed by atoms with E-state index in [4.69, 9.17) is 10.2 Å². The summed E-state index contributed by atoms with van der Waals surface area (Å²) in [6.07, 6.45) is 0.706. The van der Waals surface area contributed by atoms with Crippen LogP contribution < -0.4 is 5.73 Å². The van der Waals surface area contributed by atoms with Crippen LogP contribution in [0.15, 0.2) is 34.7 Å². The van der Waals surface area contributed by atoms with Gasteiger partial charge in [-0.15, -0.1) is 22.6 Å². The lowest BCUT2D eigenvalue weighted by Gasteiger charge is -2.13. The second-order valence-electron chi connectivity index (χ2n) is 4.21. The zero-order valence-electron chi connectivity index (χ0n) is 10.7. The first-order chi connectivity index (χ1) is 8.72. The van der Waals surface area contributed by atoms with Gasteiger partial charge in [0.2, 0.25) is 11.8 Å². The van der Waals surface area contributed by atoms with Crippen LogP contribution in [0.4, 0.5) is 0 Å². The van der Waals surface area contributed by atoms with E-state index in [2.05, 4.69) is 10.2 Å². The molecule has 0 bridgehead atoms. The van der Waals surface area contributed by atoms with E-state index in [1.165, 1.54) is 0 Å². The molecule has 2 rings (SSSR count). The predicted molar refractivity (Wildman–Crippen MR) is 74.8 cm³/mol. The summed E-state index contributed by atoms with van der Waals surface area (Å²) in [5, 5.41) is 17.7. The number of hydrogen-bond acceptors (Lipinski definition) is 5. The van der Waals surface area contributed by atoms with Crippen LogP contribution in [0.1, 0.15) is 31.8 Å². The Morgan fingerprint density at radius 3 is 2.58 bits per heavy atom. The maximum Gasteiger partial charge on any atom is 0.247 e. The van der Waals surface area contributed by atoms with Crippen molar-refractivity contribution >= 4 is 12.4 Å². The highest BCUT2D eigenvalue weighted by Crippen LogP contribution is 2.22. The van der Waals surface area contributed by atoms with Crippen molar-refractivity contribution < 1.29 is 9.52 Å². The molecule has 6 heteroatoms. The molecule has 2 atom stereocenters. The van der Waals surface area contributed by atoms with Gasteiger partial charge in [0.1, 0.15) is 6.10 Å². The fraction of sp³-hybridized carbons (Fsp3) is 0.385. The third kappa shape index (κ3) is 3.76. The predicted octanol–water partition coefficient (Wildman–Crippen LogP) is 2.32. The molecule has 3 N–H and O–H groups in total. The van der Waals surface area contributed by atoms with Gasteiger partial charge in [-0.25, -0.2) is 0 Å². The number of aromatic nitrogens is 2. The van der Waals surface area contributed by atoms with Crippen molar-refractivity contribution in [1.82, 2.24) is 10.2 Å². The maximum atomic E-state index is 9.96. The van der Waals surface area contributed by atoms with Gasteiger partial charge >= 0.3 is 0 Å². The zero-order chi connectivity index (χ0) is 13.0. The minimum absolute atomic E-state index is 0. The Morgan fingerprint density at radius 1 is 1.26 bits per heavy atom. The minimum atomic E-state index is -0.907. The number of halogens is 1. The number of nitrogens with zero attached hydrogens (tertiary/aromatic N) is 2. The van der Waals surface area contributed by atoms with E-state index < -0.39 is 6.10 Å². The van der Waals surface area contributed by atoms with Crippen molar-refractivity contribution in [3.63, 3.8) is 0 Å². The average Bonchev–Trinajstić information content (AvgIpc) is 2.89. The van der Waals surface area contributed by atoms with E-state index in [1.807, 2.05) is 37.3 Å². The van der Waals surface area contributed by atoms with Crippen LogP contribution in [0.5, 0.6) is 0 Å². The first-order valence-electron chi connectivity index (χ1n) is 6.05. The van der Waals surface area contributed by atoms with Crippen LogP contribution in [-0.4, -0.2) is 21.3 Å². The summed E-state index contributed by atoms with van der Waals surface area (Å²) in [4.78, 5) is 0. The molecule has 104 valence electrons. The zero-order valence-corrected chi connectivity index (χ0v) is 11.5. The Hall–Kier alpha value is -1.43. The van der Waals surface area contributed by atoms with Crippen LogP contribution in [0, 0.1) is 0 Å². The second kappa shape index (κ2) is 7.23. The molecule has 0 aliphatic carbocycles. The van der Waals surface area contributed by atoms with Crippen molar-refractivity contribution in [2.45, 2.75) is 31.9 Å². The second-order valence-corrected chi connectivity index (χ2v) is 4.21. The highest BCUT2D eigenvalue weighted by molar-refractivity contribution is 5.85. The first kappa shape index (κ1) is 15.6. The smallest absolute Gasteiger partial charge is 0.247 e. The molecule has 0 saturated heterocycles. The Morgan fingerprint density at radius 2 is 1.95 bits per heavy atom. The molecule has 1 heterocycles. The molecule has 1 aromatic carbocycles. The van der Waals surface area contributed by atoms with E-state index in [0.717, 1.165) is 12.0 Å². The van der Waals surface area contributed by atoms with Crippen molar-refractivity contribution in [3.8, 4) is 11.5 Å². The van der Waals surface area contributed by atoms with Crippen LogP contribution in [0.2, 0.25) is 0 Å². The molecule has 0 amide bonds. The summed E-state index contributed by atoms with van der Waals surface area (Å²) in [5.74, 6) is 0.572. The maximum absolute atomic E-state index is 9.96. The number of aliphatic hydroxyl groups is 1. The summed E-state index contributed by atoms with van der Waals surface area (Å²) >= 11 is 0. The normalized spacial score (nSPS) is 13.6. The van der Waals surface area contributed by atoms with Gasteiger partial charge in [0.15, 0.2) is 0 Å². The summed E-state index contributed by atoms with van der Waals surface area (Å²) in [5.41, 5.74) is 6.66. The molecule has 0 spiro atoms. The number of hydrogen-bond donors (Lipinski definition) is 2. The monoisotopic (exact) mass is 283 g/mol. The molecule has 0 fully saturated rings. The Bertz CT molecular complexity index is 490. The van der Waals surface area contributed by atoms with Gasteiger partial charge in [0, 0.05) is 11.6 Å². The van der Waals surface area contributed by atoms with Gasteiger partial charge in [-0.05, 0) is 18.6 Å². The van der Waals surface area contributed by atoms with Gasteiger partial charge in [-0.1, -0.05) is 31.5 Å². The van der Waals surface area contributed by atoms with Crippen LogP contribution in [-0.2, 0) is 0 Å². The van der Waals surface area contributed by atoms with Gasteiger partial charge in [0.25, 0.3) is 0 Å². The fourth-order valence-electron chi connectivity index (χ4n) is 1.73. The quantitative estimate of drug-likeness (QED) is 0.879. The number of rotatable bonds is 5. The van der Waals surface area contributed by atoms with Gasteiger partial charge in [-0.3, -0.25) is 0 Å². The van der Waals surface area contributed by atoms with Gasteiger partial charge < -0.3 is 15.3 Å². The highest BCUT2D eigenvalue weighted by atomic mass is 35.5. The minimum Gasteiger partial charge on any atom is -0.418 e. The van der Waals surface area contributed by atoms with E-state index in [-0.39, 0.29) is 24.3 Å². The van der Waals surface area contributed by atoms with E-state index in [9.17, 15) is 5.11 Å². The van der Waals surface area contributed by atoms with Crippen molar-refractivity contribution in [2.24, 2.45) is 5.73 Å². The van der Waals surface area contributed by atoms with Crippen LogP contribution >= 0.6 is 12.4 Å². The van der Waals surface area contributed by atoms with Crippen LogP contribution in [0.3, 0.4) is 0 Å². The van der Waals surface area contributed by atoms with E-state index in [0.29, 0.717) is 12.3 Å². The summed E-state index contributed by atoms with van der Waals surface area (Å²) < 4.78 is 5.45. The molecule has 0 aliphatic heterocycles. The standard InChI is InChI=1S/C13H17N3O2.ClH/c1-2-6-10(14)11(17)13-16-15-12(18-13)9-7-4-3-5-8-9;/h3-5,7-8,10-11,17H,2,6,14H2,1H3;1H. The number of nitrogens with two attached hydrogens (primary N) is 1. The molecule has 0 aliphatic rings. The highest BCUT2D eigenvalue weighted by Gasteiger charge is 2.22. The summed E-state index contributed by atoms with van der Waals surface area (Å²) in [7, 11) is 0. The van der Waals surface area contributed by atoms with Gasteiger partial charge in [0.05, 0.1) is 0 Å². The fourth-order valence-corrected chi connectivity index (χ4v) is 1.73. The molecular formula is C13H18ClN3O2. The molecule has 0 radical (unpaired) electrons. The Labute approximate surface area is 118 Å². The van der Waals surface area contributed by atoms with Crippen molar-refractivity contribution in [2.75, 3.05) is 0 Å². The van der Waals surface area contributed by atoms with Crippen LogP contribution in [0.25, 0.3) is 11.5 Å². The largest absolute Gasteiger partial charge is 0.418 e. The molecule has 2 unspecified atom stereocenters. The lowest BCUT2D eigenvalue weighted by molar-refractivity contribution is 0.112. The third-order valence-electron chi connectivity index (χ3n) is 2.74. The molecule has 2 aromatic rings. The Balaban J connectivity index is 0.00000180. The Kier molecular flexibility index (Phi) is 5.95. The van der Waals surface area contributed by atoms with E-state index in [1.54, 1.807) is 0 Å². The number of benzene rings is 1. The van der Waals surface area contributed by atoms with Crippen molar-refractivity contribution in [1.29, 1.82) is 0 Å². The van der Waals surface area contributed by atoms with E-state index >= 15 is 0 Å². The lowest BCUT2D eigenvalue weighted by atomic mass is 10.1. The topological polar surface area (TPSA) is 85.2 Å². The van der Waals surface area contributed by atoms with Gasteiger partial charge in [-0.2, -0.15) is 0 Å². The molecule has 5 nitrogen and oxygen atoms in total. The number of aliphatic hydroxyl groups excluding tert-OH is 1. The molecular weight excluding hydrogens is 266 g/mol. The third-order valence-corrected chi connectivity index (χ3v) is 2.74. The first-order valence-corrected chi connectivity index (χ1v) is 6.05. The molecule has 19 heavy (non-hydrogen) atoms. The SMILES string of the molecule is CCCC(N)C(O)c1nnc(-c2ccccc2)o1.Cl. The molecule has 1 aromatic heterocycles. The lowest BCUT2D eigenvalue weighted by Crippen LogP contribution is -2.28. The van der Waals surface area contributed by atoms with Crippen molar-refractivity contribution in [3.05, 3.63) is 36.2 Å². The summed E-state index contributed by atoms with van der Waals surface area (Å²) in [6, 6.07) is 9.05.